The Morgan fingerprint density at radius 2 is 2.08 bits per heavy atom. The molecule has 3 aromatic heterocycles. The van der Waals surface area contributed by atoms with Crippen LogP contribution in [0.2, 0.25) is 0 Å². The van der Waals surface area contributed by atoms with Crippen LogP contribution in [0, 0.1) is 5.92 Å². The van der Waals surface area contributed by atoms with Crippen molar-refractivity contribution in [2.45, 2.75) is 44.7 Å². The number of carbonyl (C=O) groups is 3. The van der Waals surface area contributed by atoms with Crippen LogP contribution in [0.15, 0.2) is 41.6 Å². The van der Waals surface area contributed by atoms with Crippen molar-refractivity contribution in [3.05, 3.63) is 58.7 Å². The van der Waals surface area contributed by atoms with Gasteiger partial charge in [0.25, 0.3) is 5.56 Å². The largest absolute Gasteiger partial charge is 0.465 e. The van der Waals surface area contributed by atoms with E-state index in [9.17, 15) is 19.2 Å². The first-order valence-electron chi connectivity index (χ1n) is 12.3. The van der Waals surface area contributed by atoms with Gasteiger partial charge in [-0.1, -0.05) is 6.08 Å². The summed E-state index contributed by atoms with van der Waals surface area (Å²) in [7, 11) is 3.21. The summed E-state index contributed by atoms with van der Waals surface area (Å²) in [5.41, 5.74) is 1.72. The number of allylic oxidation sites excluding steroid dienone is 1. The third kappa shape index (κ3) is 6.81. The van der Waals surface area contributed by atoms with E-state index in [0.717, 1.165) is 17.6 Å². The van der Waals surface area contributed by atoms with E-state index in [1.807, 2.05) is 0 Å². The average Bonchev–Trinajstić information content (AvgIpc) is 3.59. The Kier molecular flexibility index (Phi) is 8.14. The number of carbonyl (C=O) groups excluding carboxylic acids is 2. The molecule has 1 atom stereocenters. The fourth-order valence-electron chi connectivity index (χ4n) is 3.90. The number of amides is 3. The number of pyridine rings is 1. The quantitative estimate of drug-likeness (QED) is 0.274. The van der Waals surface area contributed by atoms with Crippen LogP contribution >= 0.6 is 0 Å². The number of anilines is 1. The molecule has 4 N–H and O–H groups in total. The van der Waals surface area contributed by atoms with Gasteiger partial charge in [0.15, 0.2) is 5.65 Å². The minimum Gasteiger partial charge on any atom is -0.465 e. The molecule has 0 bridgehead atoms. The third-order valence-corrected chi connectivity index (χ3v) is 6.13. The molecule has 0 aliphatic heterocycles. The van der Waals surface area contributed by atoms with Crippen molar-refractivity contribution >= 4 is 34.8 Å². The van der Waals surface area contributed by atoms with Crippen molar-refractivity contribution in [2.24, 2.45) is 5.92 Å². The van der Waals surface area contributed by atoms with Crippen LogP contribution in [0.4, 0.5) is 10.5 Å². The van der Waals surface area contributed by atoms with Gasteiger partial charge in [-0.3, -0.25) is 14.4 Å². The number of fused-ring (bicyclic) bond motifs is 1. The summed E-state index contributed by atoms with van der Waals surface area (Å²) in [5, 5.41) is 13.8. The van der Waals surface area contributed by atoms with Gasteiger partial charge < -0.3 is 30.2 Å². The fraction of sp³-hybridized carbons (Fsp3) is 0.400. The number of carboxylic acid groups (broad SMARTS) is 1. The van der Waals surface area contributed by atoms with Crippen molar-refractivity contribution in [3.63, 3.8) is 0 Å². The number of nitrogens with one attached hydrogen (secondary N) is 3. The lowest BCUT2D eigenvalue weighted by atomic mass is 10.1. The number of hydrogen-bond acceptors (Lipinski definition) is 7. The molecule has 0 aromatic carbocycles. The Labute approximate surface area is 218 Å². The van der Waals surface area contributed by atoms with E-state index in [-0.39, 0.29) is 31.0 Å². The monoisotopic (exact) mass is 522 g/mol. The molecular weight excluding hydrogens is 492 g/mol. The summed E-state index contributed by atoms with van der Waals surface area (Å²) >= 11 is 0. The first kappa shape index (κ1) is 26.5. The summed E-state index contributed by atoms with van der Waals surface area (Å²) < 4.78 is 1.39. The summed E-state index contributed by atoms with van der Waals surface area (Å²) in [6.45, 7) is 0.114. The van der Waals surface area contributed by atoms with E-state index in [4.69, 9.17) is 5.11 Å². The molecule has 1 aliphatic carbocycles. The molecule has 4 rings (SSSR count). The Morgan fingerprint density at radius 1 is 1.29 bits per heavy atom. The van der Waals surface area contributed by atoms with E-state index in [2.05, 4.69) is 30.6 Å². The van der Waals surface area contributed by atoms with E-state index in [0.29, 0.717) is 17.4 Å². The molecule has 38 heavy (non-hydrogen) atoms. The number of likely N-dealkylation sites (N-methyl/N-ethyl adjacent to an activating group) is 1. The Balaban J connectivity index is 1.45. The molecule has 3 amide bonds. The Hall–Kier alpha value is -4.55. The standard InChI is InChI=1S/C25H30N8O5/c1-32(2)20(34)8-4-3-6-16(29-25(37)38)23(35)28-17-7-5-11-33(24(17)36)13-19-30-21-18(12-15-9-10-15)26-14-27-22(21)31-19/h4-5,7-8,11,14-16,29H,3,6,9-10,12-13H2,1-2H3,(H,28,35)(H,37,38)(H,26,27,30,31). The Morgan fingerprint density at radius 3 is 2.79 bits per heavy atom. The van der Waals surface area contributed by atoms with Crippen LogP contribution in [0.1, 0.15) is 37.2 Å². The maximum absolute atomic E-state index is 13.1. The van der Waals surface area contributed by atoms with Crippen molar-refractivity contribution in [1.82, 2.24) is 34.7 Å². The minimum absolute atomic E-state index is 0.00154. The van der Waals surface area contributed by atoms with Gasteiger partial charge in [0.2, 0.25) is 11.8 Å². The van der Waals surface area contributed by atoms with E-state index in [1.165, 1.54) is 40.8 Å². The van der Waals surface area contributed by atoms with Crippen LogP contribution in [-0.4, -0.2) is 72.6 Å². The molecule has 1 aliphatic rings. The zero-order valence-electron chi connectivity index (χ0n) is 21.2. The lowest BCUT2D eigenvalue weighted by Crippen LogP contribution is -2.44. The number of hydrogen-bond donors (Lipinski definition) is 4. The van der Waals surface area contributed by atoms with Crippen LogP contribution in [0.5, 0.6) is 0 Å². The number of rotatable bonds is 11. The maximum atomic E-state index is 13.1. The topological polar surface area (TPSA) is 175 Å². The van der Waals surface area contributed by atoms with Gasteiger partial charge in [-0.2, -0.15) is 0 Å². The van der Waals surface area contributed by atoms with Crippen LogP contribution < -0.4 is 16.2 Å². The average molecular weight is 523 g/mol. The zero-order chi connectivity index (χ0) is 27.2. The number of H-pyrrole nitrogens is 1. The van der Waals surface area contributed by atoms with Crippen molar-refractivity contribution in [2.75, 3.05) is 19.4 Å². The highest BCUT2D eigenvalue weighted by Crippen LogP contribution is 2.33. The second-order valence-electron chi connectivity index (χ2n) is 9.41. The molecule has 0 saturated heterocycles. The molecule has 3 aromatic rings. The second-order valence-corrected chi connectivity index (χ2v) is 9.41. The van der Waals surface area contributed by atoms with Crippen molar-refractivity contribution in [3.8, 4) is 0 Å². The highest BCUT2D eigenvalue weighted by molar-refractivity contribution is 5.96. The van der Waals surface area contributed by atoms with Crippen LogP contribution in [0.25, 0.3) is 11.2 Å². The van der Waals surface area contributed by atoms with Crippen LogP contribution in [-0.2, 0) is 22.6 Å². The van der Waals surface area contributed by atoms with Gasteiger partial charge in [0.05, 0.1) is 12.2 Å². The van der Waals surface area contributed by atoms with Gasteiger partial charge in [0.1, 0.15) is 29.4 Å². The van der Waals surface area contributed by atoms with Crippen LogP contribution in [0.3, 0.4) is 0 Å². The van der Waals surface area contributed by atoms with Crippen molar-refractivity contribution in [1.29, 1.82) is 0 Å². The molecule has 0 spiro atoms. The van der Waals surface area contributed by atoms with Gasteiger partial charge >= 0.3 is 6.09 Å². The predicted octanol–water partition coefficient (Wildman–Crippen LogP) is 1.51. The van der Waals surface area contributed by atoms with E-state index >= 15 is 0 Å². The van der Waals surface area contributed by atoms with Gasteiger partial charge in [0, 0.05) is 20.3 Å². The first-order valence-corrected chi connectivity index (χ1v) is 12.3. The molecule has 1 unspecified atom stereocenters. The molecule has 13 nitrogen and oxygen atoms in total. The molecular formula is C25H30N8O5. The van der Waals surface area contributed by atoms with Gasteiger partial charge in [-0.05, 0) is 56.2 Å². The molecule has 1 saturated carbocycles. The molecule has 1 fully saturated rings. The molecule has 3 heterocycles. The number of aromatic nitrogens is 5. The van der Waals surface area contributed by atoms with Gasteiger partial charge in [-0.25, -0.2) is 19.7 Å². The summed E-state index contributed by atoms with van der Waals surface area (Å²) in [6.07, 6.45) is 8.21. The minimum atomic E-state index is -1.38. The normalized spacial score (nSPS) is 13.9. The SMILES string of the molecule is CN(C)C(=O)C=CCCC(NC(=O)O)C(=O)Nc1cccn(Cc2nc3ncnc(CC4CC4)c3[nH]2)c1=O. The molecule has 200 valence electrons. The number of imidazole rings is 1. The zero-order valence-corrected chi connectivity index (χ0v) is 21.2. The first-order chi connectivity index (χ1) is 18.2. The van der Waals surface area contributed by atoms with E-state index < -0.39 is 23.6 Å². The number of nitrogens with zero attached hydrogens (tertiary/aromatic N) is 5. The third-order valence-electron chi connectivity index (χ3n) is 6.13. The van der Waals surface area contributed by atoms with E-state index in [1.54, 1.807) is 32.4 Å². The smallest absolute Gasteiger partial charge is 0.405 e. The maximum Gasteiger partial charge on any atom is 0.405 e. The lowest BCUT2D eigenvalue weighted by molar-refractivity contribution is -0.123. The number of aromatic amines is 1. The van der Waals surface area contributed by atoms with Crippen molar-refractivity contribution < 1.29 is 19.5 Å². The summed E-state index contributed by atoms with van der Waals surface area (Å²) in [6, 6.07) is 1.92. The van der Waals surface area contributed by atoms with Gasteiger partial charge in [-0.15, -0.1) is 0 Å². The molecule has 13 heteroatoms. The Bertz CT molecular complexity index is 1420. The summed E-state index contributed by atoms with van der Waals surface area (Å²) in [4.78, 5) is 66.5. The lowest BCUT2D eigenvalue weighted by Gasteiger charge is -2.16. The predicted molar refractivity (Wildman–Crippen MR) is 139 cm³/mol. The fourth-order valence-corrected chi connectivity index (χ4v) is 3.90. The highest BCUT2D eigenvalue weighted by Gasteiger charge is 2.24. The molecule has 0 radical (unpaired) electrons. The second kappa shape index (κ2) is 11.7. The summed E-state index contributed by atoms with van der Waals surface area (Å²) in [5.74, 6) is 0.252. The highest BCUT2D eigenvalue weighted by atomic mass is 16.4.